The standard InChI is InChI=1S/C14H16F3N5O/c15-14(16,17)13(23)19-11-5-3-4-10(8-11)12-9-22(21-20-12)7-2-1-6-18/h3-5,8-9H,1-2,6-7,18H2,(H,19,23). The van der Waals surface area contributed by atoms with Gasteiger partial charge in [-0.3, -0.25) is 9.48 Å². The van der Waals surface area contributed by atoms with Crippen molar-refractivity contribution in [3.05, 3.63) is 30.5 Å². The summed E-state index contributed by atoms with van der Waals surface area (Å²) in [6.07, 6.45) is -1.50. The molecule has 0 atom stereocenters. The van der Waals surface area contributed by atoms with E-state index < -0.39 is 12.1 Å². The van der Waals surface area contributed by atoms with Crippen molar-refractivity contribution in [2.24, 2.45) is 5.73 Å². The van der Waals surface area contributed by atoms with Crippen LogP contribution in [0, 0.1) is 0 Å². The van der Waals surface area contributed by atoms with Crippen molar-refractivity contribution < 1.29 is 18.0 Å². The average Bonchev–Trinajstić information content (AvgIpc) is 2.96. The van der Waals surface area contributed by atoms with Crippen LogP contribution in [0.15, 0.2) is 30.5 Å². The fourth-order valence-corrected chi connectivity index (χ4v) is 1.92. The maximum absolute atomic E-state index is 12.3. The molecule has 1 aromatic heterocycles. The Balaban J connectivity index is 2.09. The van der Waals surface area contributed by atoms with E-state index in [0.717, 1.165) is 12.8 Å². The number of rotatable bonds is 6. The maximum Gasteiger partial charge on any atom is 0.471 e. The van der Waals surface area contributed by atoms with Gasteiger partial charge in [0.05, 0.1) is 6.20 Å². The molecule has 0 radical (unpaired) electrons. The summed E-state index contributed by atoms with van der Waals surface area (Å²) in [5.74, 6) is -2.01. The first kappa shape index (κ1) is 16.9. The van der Waals surface area contributed by atoms with Gasteiger partial charge in [-0.05, 0) is 31.5 Å². The van der Waals surface area contributed by atoms with Crippen LogP contribution in [0.2, 0.25) is 0 Å². The Bertz CT molecular complexity index is 668. The fraction of sp³-hybridized carbons (Fsp3) is 0.357. The minimum atomic E-state index is -4.93. The van der Waals surface area contributed by atoms with Crippen molar-refractivity contribution >= 4 is 11.6 Å². The number of aryl methyl sites for hydroxylation is 1. The topological polar surface area (TPSA) is 85.8 Å². The summed E-state index contributed by atoms with van der Waals surface area (Å²) in [4.78, 5) is 11.0. The highest BCUT2D eigenvalue weighted by atomic mass is 19.4. The van der Waals surface area contributed by atoms with Crippen LogP contribution in [0.5, 0.6) is 0 Å². The molecule has 2 rings (SSSR count). The van der Waals surface area contributed by atoms with Crippen LogP contribution in [-0.2, 0) is 11.3 Å². The first-order valence-electron chi connectivity index (χ1n) is 6.99. The molecular formula is C14H16F3N5O. The number of aromatic nitrogens is 3. The van der Waals surface area contributed by atoms with Gasteiger partial charge in [-0.1, -0.05) is 17.3 Å². The van der Waals surface area contributed by atoms with E-state index in [1.54, 1.807) is 16.9 Å². The van der Waals surface area contributed by atoms with E-state index >= 15 is 0 Å². The van der Waals surface area contributed by atoms with E-state index in [1.165, 1.54) is 18.2 Å². The predicted octanol–water partition coefficient (Wildman–Crippen LogP) is 2.18. The van der Waals surface area contributed by atoms with Gasteiger partial charge in [-0.25, -0.2) is 0 Å². The molecule has 0 unspecified atom stereocenters. The van der Waals surface area contributed by atoms with E-state index in [-0.39, 0.29) is 5.69 Å². The summed E-state index contributed by atoms with van der Waals surface area (Å²) in [7, 11) is 0. The molecule has 1 amide bonds. The second-order valence-electron chi connectivity index (χ2n) is 4.90. The van der Waals surface area contributed by atoms with Gasteiger partial charge in [0.1, 0.15) is 5.69 Å². The summed E-state index contributed by atoms with van der Waals surface area (Å²) in [5.41, 5.74) is 6.54. The Morgan fingerprint density at radius 3 is 2.78 bits per heavy atom. The SMILES string of the molecule is NCCCCn1cc(-c2cccc(NC(=O)C(F)(F)F)c2)nn1. The summed E-state index contributed by atoms with van der Waals surface area (Å²) in [6, 6.07) is 6.00. The molecule has 1 heterocycles. The Morgan fingerprint density at radius 2 is 2.09 bits per heavy atom. The zero-order valence-electron chi connectivity index (χ0n) is 12.2. The second kappa shape index (κ2) is 7.23. The molecule has 124 valence electrons. The van der Waals surface area contributed by atoms with Crippen molar-refractivity contribution in [2.45, 2.75) is 25.6 Å². The van der Waals surface area contributed by atoms with Gasteiger partial charge < -0.3 is 11.1 Å². The number of halogens is 3. The van der Waals surface area contributed by atoms with Crippen molar-refractivity contribution in [3.8, 4) is 11.3 Å². The smallest absolute Gasteiger partial charge is 0.330 e. The number of hydrogen-bond donors (Lipinski definition) is 2. The molecule has 0 aliphatic carbocycles. The zero-order valence-corrected chi connectivity index (χ0v) is 12.2. The van der Waals surface area contributed by atoms with Crippen LogP contribution in [0.1, 0.15) is 12.8 Å². The van der Waals surface area contributed by atoms with E-state index in [9.17, 15) is 18.0 Å². The van der Waals surface area contributed by atoms with Crippen LogP contribution in [-0.4, -0.2) is 33.6 Å². The number of nitrogens with zero attached hydrogens (tertiary/aromatic N) is 3. The van der Waals surface area contributed by atoms with Gasteiger partial charge in [-0.2, -0.15) is 13.2 Å². The van der Waals surface area contributed by atoms with Gasteiger partial charge in [-0.15, -0.1) is 5.10 Å². The van der Waals surface area contributed by atoms with Crippen LogP contribution in [0.25, 0.3) is 11.3 Å². The third-order valence-electron chi connectivity index (χ3n) is 3.05. The van der Waals surface area contributed by atoms with Gasteiger partial charge >= 0.3 is 12.1 Å². The summed E-state index contributed by atoms with van der Waals surface area (Å²) < 4.78 is 38.4. The van der Waals surface area contributed by atoms with Gasteiger partial charge in [0.2, 0.25) is 0 Å². The van der Waals surface area contributed by atoms with Crippen molar-refractivity contribution in [1.29, 1.82) is 0 Å². The van der Waals surface area contributed by atoms with Crippen molar-refractivity contribution in [2.75, 3.05) is 11.9 Å². The summed E-state index contributed by atoms with van der Waals surface area (Å²) in [6.45, 7) is 1.26. The number of nitrogens with two attached hydrogens (primary N) is 1. The summed E-state index contributed by atoms with van der Waals surface area (Å²) in [5, 5.41) is 9.74. The lowest BCUT2D eigenvalue weighted by atomic mass is 10.1. The molecular weight excluding hydrogens is 311 g/mol. The highest BCUT2D eigenvalue weighted by Gasteiger charge is 2.38. The monoisotopic (exact) mass is 327 g/mol. The molecule has 0 saturated carbocycles. The number of unbranched alkanes of at least 4 members (excludes halogenated alkanes) is 1. The number of carbonyl (C=O) groups excluding carboxylic acids is 1. The molecule has 23 heavy (non-hydrogen) atoms. The third-order valence-corrected chi connectivity index (χ3v) is 3.05. The molecule has 0 saturated heterocycles. The first-order chi connectivity index (χ1) is 10.9. The number of nitrogens with one attached hydrogen (secondary N) is 1. The Morgan fingerprint density at radius 1 is 1.30 bits per heavy atom. The number of amides is 1. The van der Waals surface area contributed by atoms with Crippen molar-refractivity contribution in [1.82, 2.24) is 15.0 Å². The zero-order chi connectivity index (χ0) is 16.9. The molecule has 2 aromatic rings. The molecule has 0 spiro atoms. The number of benzene rings is 1. The predicted molar refractivity (Wildman–Crippen MR) is 78.4 cm³/mol. The molecule has 0 aliphatic heterocycles. The molecule has 1 aromatic carbocycles. The molecule has 0 bridgehead atoms. The lowest BCUT2D eigenvalue weighted by Crippen LogP contribution is -2.29. The van der Waals surface area contributed by atoms with Crippen LogP contribution >= 0.6 is 0 Å². The molecule has 0 aliphatic rings. The van der Waals surface area contributed by atoms with Gasteiger partial charge in [0, 0.05) is 17.8 Å². The van der Waals surface area contributed by atoms with E-state index in [0.29, 0.717) is 24.3 Å². The van der Waals surface area contributed by atoms with E-state index in [1.807, 2.05) is 5.32 Å². The highest BCUT2D eigenvalue weighted by molar-refractivity contribution is 5.95. The van der Waals surface area contributed by atoms with Crippen LogP contribution < -0.4 is 11.1 Å². The molecule has 0 fully saturated rings. The van der Waals surface area contributed by atoms with E-state index in [4.69, 9.17) is 5.73 Å². The number of hydrogen-bond acceptors (Lipinski definition) is 4. The molecule has 6 nitrogen and oxygen atoms in total. The summed E-state index contributed by atoms with van der Waals surface area (Å²) >= 11 is 0. The Kier molecular flexibility index (Phi) is 5.32. The number of anilines is 1. The Hall–Kier alpha value is -2.42. The lowest BCUT2D eigenvalue weighted by molar-refractivity contribution is -0.167. The fourth-order valence-electron chi connectivity index (χ4n) is 1.92. The molecule has 3 N–H and O–H groups in total. The van der Waals surface area contributed by atoms with Gasteiger partial charge in [0.15, 0.2) is 0 Å². The van der Waals surface area contributed by atoms with Gasteiger partial charge in [0.25, 0.3) is 0 Å². The number of carbonyl (C=O) groups is 1. The second-order valence-corrected chi connectivity index (χ2v) is 4.90. The lowest BCUT2D eigenvalue weighted by Gasteiger charge is -2.08. The number of alkyl halides is 3. The minimum absolute atomic E-state index is 0.0440. The minimum Gasteiger partial charge on any atom is -0.330 e. The van der Waals surface area contributed by atoms with Crippen molar-refractivity contribution in [3.63, 3.8) is 0 Å². The molecule has 9 heteroatoms. The quantitative estimate of drug-likeness (QED) is 0.796. The largest absolute Gasteiger partial charge is 0.471 e. The third kappa shape index (κ3) is 4.78. The first-order valence-corrected chi connectivity index (χ1v) is 6.99. The highest BCUT2D eigenvalue weighted by Crippen LogP contribution is 2.23. The Labute approximate surface area is 130 Å². The normalized spacial score (nSPS) is 11.5. The van der Waals surface area contributed by atoms with E-state index in [2.05, 4.69) is 10.3 Å². The average molecular weight is 327 g/mol. The van der Waals surface area contributed by atoms with Crippen LogP contribution in [0.3, 0.4) is 0 Å². The van der Waals surface area contributed by atoms with Crippen LogP contribution in [0.4, 0.5) is 18.9 Å². The maximum atomic E-state index is 12.3.